The van der Waals surface area contributed by atoms with Gasteiger partial charge in [-0.2, -0.15) is 0 Å². The molecule has 0 spiro atoms. The third-order valence-corrected chi connectivity index (χ3v) is 5.65. The van der Waals surface area contributed by atoms with Crippen molar-refractivity contribution in [3.05, 3.63) is 29.3 Å². The molecule has 5 nitrogen and oxygen atoms in total. The summed E-state index contributed by atoms with van der Waals surface area (Å²) in [7, 11) is 0. The number of hydrogen-bond acceptors (Lipinski definition) is 3. The lowest BCUT2D eigenvalue weighted by Gasteiger charge is -2.23. The Labute approximate surface area is 156 Å². The molecule has 2 fully saturated rings. The molecule has 3 N–H and O–H groups in total. The molecule has 1 saturated heterocycles. The summed E-state index contributed by atoms with van der Waals surface area (Å²) in [5.41, 5.74) is 2.40. The third-order valence-electron chi connectivity index (χ3n) is 5.65. The highest BCUT2D eigenvalue weighted by molar-refractivity contribution is 5.96. The Hall–Kier alpha value is -1.88. The van der Waals surface area contributed by atoms with E-state index in [0.29, 0.717) is 23.9 Å². The van der Waals surface area contributed by atoms with Gasteiger partial charge in [-0.15, -0.1) is 0 Å². The van der Waals surface area contributed by atoms with Gasteiger partial charge in [0.2, 0.25) is 5.91 Å². The Kier molecular flexibility index (Phi) is 6.67. The van der Waals surface area contributed by atoms with Gasteiger partial charge in [-0.25, -0.2) is 0 Å². The fourth-order valence-electron chi connectivity index (χ4n) is 3.97. The fourth-order valence-corrected chi connectivity index (χ4v) is 3.97. The number of aryl methyl sites for hydroxylation is 1. The smallest absolute Gasteiger partial charge is 0.251 e. The van der Waals surface area contributed by atoms with Crippen LogP contribution in [-0.2, 0) is 4.79 Å². The highest BCUT2D eigenvalue weighted by Crippen LogP contribution is 2.21. The summed E-state index contributed by atoms with van der Waals surface area (Å²) in [5, 5.41) is 9.46. The topological polar surface area (TPSA) is 70.2 Å². The maximum Gasteiger partial charge on any atom is 0.251 e. The number of carbonyl (C=O) groups is 2. The predicted octanol–water partition coefficient (Wildman–Crippen LogP) is 3.39. The van der Waals surface area contributed by atoms with E-state index in [1.807, 2.05) is 25.1 Å². The molecule has 142 valence electrons. The van der Waals surface area contributed by atoms with Crippen molar-refractivity contribution in [1.29, 1.82) is 0 Å². The quantitative estimate of drug-likeness (QED) is 0.731. The monoisotopic (exact) mass is 357 g/mol. The Morgan fingerprint density at radius 2 is 1.96 bits per heavy atom. The molecule has 1 aliphatic carbocycles. The van der Waals surface area contributed by atoms with Gasteiger partial charge in [-0.3, -0.25) is 9.59 Å². The van der Waals surface area contributed by atoms with Crippen molar-refractivity contribution in [2.75, 3.05) is 18.4 Å². The second kappa shape index (κ2) is 9.17. The maximum absolute atomic E-state index is 12.4. The molecule has 5 heteroatoms. The average molecular weight is 357 g/mol. The highest BCUT2D eigenvalue weighted by atomic mass is 16.2. The Morgan fingerprint density at radius 1 is 1.15 bits per heavy atom. The number of carbonyl (C=O) groups excluding carboxylic acids is 2. The molecule has 1 aromatic rings. The second-order valence-corrected chi connectivity index (χ2v) is 7.78. The molecule has 0 aromatic heterocycles. The van der Waals surface area contributed by atoms with E-state index in [1.165, 1.54) is 19.3 Å². The number of nitrogens with one attached hydrogen (secondary N) is 3. The standard InChI is InChI=1S/C21H31N3O2/c1-15-13-17(21(26)23-18-5-3-2-4-6-18)8-9-19(15)24-20(25)10-7-16-11-12-22-14-16/h8-9,13,16,18,22H,2-7,10-12,14H2,1H3,(H,23,26)(H,24,25). The SMILES string of the molecule is Cc1cc(C(=O)NC2CCCCC2)ccc1NC(=O)CCC1CCNC1. The van der Waals surface area contributed by atoms with Gasteiger partial charge in [-0.1, -0.05) is 19.3 Å². The third kappa shape index (κ3) is 5.31. The van der Waals surface area contributed by atoms with Gasteiger partial charge in [-0.05, 0) is 75.4 Å². The van der Waals surface area contributed by atoms with Crippen LogP contribution in [0.5, 0.6) is 0 Å². The van der Waals surface area contributed by atoms with Crippen LogP contribution in [0.4, 0.5) is 5.69 Å². The zero-order chi connectivity index (χ0) is 18.4. The molecule has 26 heavy (non-hydrogen) atoms. The lowest BCUT2D eigenvalue weighted by molar-refractivity contribution is -0.116. The first-order chi connectivity index (χ1) is 12.6. The summed E-state index contributed by atoms with van der Waals surface area (Å²) >= 11 is 0. The van der Waals surface area contributed by atoms with Crippen molar-refractivity contribution in [2.45, 2.75) is 64.3 Å². The number of benzene rings is 1. The van der Waals surface area contributed by atoms with Gasteiger partial charge >= 0.3 is 0 Å². The van der Waals surface area contributed by atoms with Crippen molar-refractivity contribution >= 4 is 17.5 Å². The van der Waals surface area contributed by atoms with Crippen molar-refractivity contribution < 1.29 is 9.59 Å². The predicted molar refractivity (Wildman–Crippen MR) is 104 cm³/mol. The van der Waals surface area contributed by atoms with Gasteiger partial charge in [0.15, 0.2) is 0 Å². The minimum Gasteiger partial charge on any atom is -0.349 e. The van der Waals surface area contributed by atoms with Gasteiger partial charge in [0.05, 0.1) is 0 Å². The molecular formula is C21H31N3O2. The minimum atomic E-state index is -0.00777. The lowest BCUT2D eigenvalue weighted by atomic mass is 9.95. The summed E-state index contributed by atoms with van der Waals surface area (Å²) in [4.78, 5) is 24.6. The van der Waals surface area contributed by atoms with E-state index in [0.717, 1.165) is 50.0 Å². The van der Waals surface area contributed by atoms with E-state index in [1.54, 1.807) is 0 Å². The normalized spacial score (nSPS) is 20.7. The van der Waals surface area contributed by atoms with E-state index >= 15 is 0 Å². The van der Waals surface area contributed by atoms with E-state index in [9.17, 15) is 9.59 Å². The Bertz CT molecular complexity index is 632. The van der Waals surface area contributed by atoms with Crippen LogP contribution in [0.25, 0.3) is 0 Å². The van der Waals surface area contributed by atoms with E-state index in [4.69, 9.17) is 0 Å². The minimum absolute atomic E-state index is 0.00777. The maximum atomic E-state index is 12.4. The first-order valence-electron chi connectivity index (χ1n) is 10.0. The summed E-state index contributed by atoms with van der Waals surface area (Å²) in [6.45, 7) is 4.03. The van der Waals surface area contributed by atoms with Crippen molar-refractivity contribution in [2.24, 2.45) is 5.92 Å². The molecule has 1 saturated carbocycles. The number of hydrogen-bond donors (Lipinski definition) is 3. The zero-order valence-corrected chi connectivity index (χ0v) is 15.8. The molecule has 1 atom stereocenters. The van der Waals surface area contributed by atoms with Crippen molar-refractivity contribution in [3.8, 4) is 0 Å². The Balaban J connectivity index is 1.51. The molecule has 3 rings (SSSR count). The van der Waals surface area contributed by atoms with Crippen molar-refractivity contribution in [1.82, 2.24) is 10.6 Å². The van der Waals surface area contributed by atoms with Gasteiger partial charge in [0.1, 0.15) is 0 Å². The number of amides is 2. The summed E-state index contributed by atoms with van der Waals surface area (Å²) < 4.78 is 0. The molecule has 0 radical (unpaired) electrons. The molecule has 2 amide bonds. The summed E-state index contributed by atoms with van der Waals surface area (Å²) in [6, 6.07) is 5.83. The number of rotatable bonds is 6. The van der Waals surface area contributed by atoms with Crippen molar-refractivity contribution in [3.63, 3.8) is 0 Å². The van der Waals surface area contributed by atoms with Crippen LogP contribution >= 0.6 is 0 Å². The summed E-state index contributed by atoms with van der Waals surface area (Å²) in [5.74, 6) is 0.665. The van der Waals surface area contributed by atoms with Gasteiger partial charge < -0.3 is 16.0 Å². The van der Waals surface area contributed by atoms with Crippen LogP contribution in [-0.4, -0.2) is 30.9 Å². The van der Waals surface area contributed by atoms with Crippen LogP contribution in [0.3, 0.4) is 0 Å². The van der Waals surface area contributed by atoms with Crippen LogP contribution < -0.4 is 16.0 Å². The lowest BCUT2D eigenvalue weighted by Crippen LogP contribution is -2.36. The molecule has 1 aromatic carbocycles. The molecule has 1 aliphatic heterocycles. The van der Waals surface area contributed by atoms with E-state index in [-0.39, 0.29) is 11.8 Å². The van der Waals surface area contributed by atoms with E-state index in [2.05, 4.69) is 16.0 Å². The van der Waals surface area contributed by atoms with Crippen LogP contribution in [0, 0.1) is 12.8 Å². The largest absolute Gasteiger partial charge is 0.349 e. The van der Waals surface area contributed by atoms with Crippen LogP contribution in [0.1, 0.15) is 67.3 Å². The molecular weight excluding hydrogens is 326 g/mol. The highest BCUT2D eigenvalue weighted by Gasteiger charge is 2.18. The molecule has 1 unspecified atom stereocenters. The first kappa shape index (κ1) is 18.9. The molecule has 1 heterocycles. The molecule has 0 bridgehead atoms. The first-order valence-corrected chi connectivity index (χ1v) is 10.0. The average Bonchev–Trinajstić information content (AvgIpc) is 3.16. The Morgan fingerprint density at radius 3 is 2.65 bits per heavy atom. The van der Waals surface area contributed by atoms with E-state index < -0.39 is 0 Å². The van der Waals surface area contributed by atoms with Crippen LogP contribution in [0.2, 0.25) is 0 Å². The van der Waals surface area contributed by atoms with Gasteiger partial charge in [0, 0.05) is 23.7 Å². The number of anilines is 1. The second-order valence-electron chi connectivity index (χ2n) is 7.78. The fraction of sp³-hybridized carbons (Fsp3) is 0.619. The molecule has 2 aliphatic rings. The van der Waals surface area contributed by atoms with Crippen LogP contribution in [0.15, 0.2) is 18.2 Å². The van der Waals surface area contributed by atoms with Gasteiger partial charge in [0.25, 0.3) is 5.91 Å². The summed E-state index contributed by atoms with van der Waals surface area (Å²) in [6.07, 6.45) is 8.48. The zero-order valence-electron chi connectivity index (χ0n) is 15.8.